The molecule has 0 unspecified atom stereocenters. The molecular weight excluding hydrogens is 326 g/mol. The van der Waals surface area contributed by atoms with Gasteiger partial charge in [0.2, 0.25) is 10.0 Å². The zero-order valence-electron chi connectivity index (χ0n) is 13.3. The van der Waals surface area contributed by atoms with Crippen molar-refractivity contribution in [2.24, 2.45) is 5.14 Å². The summed E-state index contributed by atoms with van der Waals surface area (Å²) in [5, 5.41) is 9.28. The molecule has 6 nitrogen and oxygen atoms in total. The van der Waals surface area contributed by atoms with Crippen LogP contribution in [0.1, 0.15) is 5.56 Å². The molecule has 0 aliphatic heterocycles. The summed E-state index contributed by atoms with van der Waals surface area (Å²) < 4.78 is 27.8. The van der Waals surface area contributed by atoms with Crippen LogP contribution in [0.3, 0.4) is 0 Å². The number of methoxy groups -OCH3 is 1. The highest BCUT2D eigenvalue weighted by Crippen LogP contribution is 2.26. The lowest BCUT2D eigenvalue weighted by molar-refractivity contribution is 0.415. The molecule has 0 aliphatic rings. The number of aromatic nitrogens is 1. The first-order chi connectivity index (χ1) is 11.4. The highest BCUT2D eigenvalue weighted by Gasteiger charge is 2.08. The first kappa shape index (κ1) is 16.2. The van der Waals surface area contributed by atoms with Crippen molar-refractivity contribution >= 4 is 32.4 Å². The van der Waals surface area contributed by atoms with Gasteiger partial charge < -0.3 is 10.1 Å². The highest BCUT2D eigenvalue weighted by molar-refractivity contribution is 7.89. The molecule has 3 aromatic rings. The maximum absolute atomic E-state index is 11.3. The van der Waals surface area contributed by atoms with E-state index in [0.717, 1.165) is 27.9 Å². The second-order valence-corrected chi connectivity index (χ2v) is 6.96. The van der Waals surface area contributed by atoms with E-state index in [2.05, 4.69) is 10.3 Å². The van der Waals surface area contributed by atoms with Crippen LogP contribution in [0, 0.1) is 6.92 Å². The minimum absolute atomic E-state index is 0.0720. The normalized spacial score (nSPS) is 11.5. The zero-order chi connectivity index (χ0) is 17.3. The van der Waals surface area contributed by atoms with Gasteiger partial charge in [0.05, 0.1) is 17.5 Å². The Morgan fingerprint density at radius 1 is 1.08 bits per heavy atom. The molecule has 0 aliphatic carbocycles. The molecule has 0 atom stereocenters. The maximum atomic E-state index is 11.3. The van der Waals surface area contributed by atoms with Crippen molar-refractivity contribution in [1.82, 2.24) is 4.98 Å². The lowest BCUT2D eigenvalue weighted by atomic mass is 10.1. The van der Waals surface area contributed by atoms with Crippen LogP contribution in [0.4, 0.5) is 11.5 Å². The molecule has 1 heterocycles. The van der Waals surface area contributed by atoms with Crippen molar-refractivity contribution in [3.05, 3.63) is 54.1 Å². The number of rotatable bonds is 4. The topological polar surface area (TPSA) is 94.3 Å². The molecule has 0 saturated heterocycles. The maximum Gasteiger partial charge on any atom is 0.238 e. The third kappa shape index (κ3) is 3.32. The van der Waals surface area contributed by atoms with Gasteiger partial charge in [0.15, 0.2) is 0 Å². The zero-order valence-corrected chi connectivity index (χ0v) is 14.1. The van der Waals surface area contributed by atoms with E-state index >= 15 is 0 Å². The minimum Gasteiger partial charge on any atom is -0.497 e. The van der Waals surface area contributed by atoms with E-state index in [1.165, 1.54) is 12.1 Å². The molecule has 0 amide bonds. The summed E-state index contributed by atoms with van der Waals surface area (Å²) in [4.78, 5) is 4.64. The monoisotopic (exact) mass is 343 g/mol. The number of nitrogens with one attached hydrogen (secondary N) is 1. The molecule has 0 fully saturated rings. The molecule has 7 heteroatoms. The van der Waals surface area contributed by atoms with Crippen molar-refractivity contribution in [2.75, 3.05) is 12.4 Å². The highest BCUT2D eigenvalue weighted by atomic mass is 32.2. The van der Waals surface area contributed by atoms with E-state index < -0.39 is 10.0 Å². The number of fused-ring (bicyclic) bond motifs is 1. The van der Waals surface area contributed by atoms with Crippen LogP contribution in [0.2, 0.25) is 0 Å². The standard InChI is InChI=1S/C17H17N3O3S/c1-11-9-17(20-16-8-5-13(23-2)10-15(11)16)19-12-3-6-14(7-4-12)24(18,21)22/h3-10H,1-2H3,(H,19,20)(H2,18,21,22). The van der Waals surface area contributed by atoms with Gasteiger partial charge in [-0.2, -0.15) is 0 Å². The number of nitrogens with two attached hydrogens (primary N) is 1. The van der Waals surface area contributed by atoms with Crippen LogP contribution >= 0.6 is 0 Å². The third-order valence-corrected chi connectivity index (χ3v) is 4.61. The molecule has 3 rings (SSSR count). The summed E-state index contributed by atoms with van der Waals surface area (Å²) in [6.45, 7) is 2.00. The molecular formula is C17H17N3O3S. The van der Waals surface area contributed by atoms with Crippen molar-refractivity contribution in [3.63, 3.8) is 0 Å². The first-order valence-electron chi connectivity index (χ1n) is 7.22. The van der Waals surface area contributed by atoms with Crippen molar-refractivity contribution in [3.8, 4) is 5.75 Å². The Balaban J connectivity index is 1.93. The van der Waals surface area contributed by atoms with Gasteiger partial charge in [0.1, 0.15) is 11.6 Å². The number of nitrogens with zero attached hydrogens (tertiary/aromatic N) is 1. The number of anilines is 2. The van der Waals surface area contributed by atoms with Gasteiger partial charge in [-0.15, -0.1) is 0 Å². The van der Waals surface area contributed by atoms with E-state index in [0.29, 0.717) is 5.82 Å². The van der Waals surface area contributed by atoms with Crippen LogP contribution in [-0.2, 0) is 10.0 Å². The molecule has 0 radical (unpaired) electrons. The fourth-order valence-corrected chi connectivity index (χ4v) is 2.96. The quantitative estimate of drug-likeness (QED) is 0.759. The second-order valence-electron chi connectivity index (χ2n) is 5.40. The van der Waals surface area contributed by atoms with Gasteiger partial charge in [0.25, 0.3) is 0 Å². The van der Waals surface area contributed by atoms with Gasteiger partial charge in [-0.05, 0) is 61.0 Å². The minimum atomic E-state index is -3.69. The molecule has 24 heavy (non-hydrogen) atoms. The summed E-state index contributed by atoms with van der Waals surface area (Å²) in [5.74, 6) is 1.46. The summed E-state index contributed by atoms with van der Waals surface area (Å²) in [5.41, 5.74) is 2.63. The average molecular weight is 343 g/mol. The van der Waals surface area contributed by atoms with Gasteiger partial charge in [-0.25, -0.2) is 18.5 Å². The Morgan fingerprint density at radius 3 is 2.42 bits per heavy atom. The van der Waals surface area contributed by atoms with Crippen LogP contribution in [0.15, 0.2) is 53.4 Å². The van der Waals surface area contributed by atoms with Gasteiger partial charge in [-0.3, -0.25) is 0 Å². The van der Waals surface area contributed by atoms with E-state index in [9.17, 15) is 8.42 Å². The van der Waals surface area contributed by atoms with Crippen LogP contribution in [-0.4, -0.2) is 20.5 Å². The Kier molecular flexibility index (Phi) is 4.13. The van der Waals surface area contributed by atoms with Crippen LogP contribution in [0.5, 0.6) is 5.75 Å². The Morgan fingerprint density at radius 2 is 1.79 bits per heavy atom. The number of hydrogen-bond acceptors (Lipinski definition) is 5. The SMILES string of the molecule is COc1ccc2nc(Nc3ccc(S(N)(=O)=O)cc3)cc(C)c2c1. The number of hydrogen-bond donors (Lipinski definition) is 2. The molecule has 0 saturated carbocycles. The Labute approximate surface area is 140 Å². The predicted octanol–water partition coefficient (Wildman–Crippen LogP) is 2.94. The lowest BCUT2D eigenvalue weighted by Gasteiger charge is -2.10. The molecule has 0 bridgehead atoms. The fourth-order valence-electron chi connectivity index (χ4n) is 2.44. The molecule has 124 valence electrons. The molecule has 3 N–H and O–H groups in total. The summed E-state index contributed by atoms with van der Waals surface area (Å²) >= 11 is 0. The fraction of sp³-hybridized carbons (Fsp3) is 0.118. The number of pyridine rings is 1. The summed E-state index contributed by atoms with van der Waals surface area (Å²) in [6, 6.07) is 13.8. The van der Waals surface area contributed by atoms with E-state index in [1.807, 2.05) is 31.2 Å². The van der Waals surface area contributed by atoms with E-state index in [1.54, 1.807) is 19.2 Å². The Bertz CT molecular complexity index is 1000. The van der Waals surface area contributed by atoms with Gasteiger partial charge in [0, 0.05) is 11.1 Å². The number of aryl methyl sites for hydroxylation is 1. The van der Waals surface area contributed by atoms with E-state index in [-0.39, 0.29) is 4.90 Å². The number of primary sulfonamides is 1. The van der Waals surface area contributed by atoms with Gasteiger partial charge >= 0.3 is 0 Å². The van der Waals surface area contributed by atoms with Crippen molar-refractivity contribution < 1.29 is 13.2 Å². The van der Waals surface area contributed by atoms with Crippen molar-refractivity contribution in [2.45, 2.75) is 11.8 Å². The number of sulfonamides is 1. The molecule has 1 aromatic heterocycles. The van der Waals surface area contributed by atoms with Crippen LogP contribution < -0.4 is 15.2 Å². The third-order valence-electron chi connectivity index (χ3n) is 3.68. The first-order valence-corrected chi connectivity index (χ1v) is 8.77. The largest absolute Gasteiger partial charge is 0.497 e. The number of benzene rings is 2. The summed E-state index contributed by atoms with van der Waals surface area (Å²) in [6.07, 6.45) is 0. The Hall–Kier alpha value is -2.64. The smallest absolute Gasteiger partial charge is 0.238 e. The molecule has 0 spiro atoms. The number of ether oxygens (including phenoxy) is 1. The van der Waals surface area contributed by atoms with Crippen molar-refractivity contribution in [1.29, 1.82) is 0 Å². The lowest BCUT2D eigenvalue weighted by Crippen LogP contribution is -2.11. The predicted molar refractivity (Wildman–Crippen MR) is 94.1 cm³/mol. The molecule has 2 aromatic carbocycles. The van der Waals surface area contributed by atoms with Crippen LogP contribution in [0.25, 0.3) is 10.9 Å². The van der Waals surface area contributed by atoms with Gasteiger partial charge in [-0.1, -0.05) is 0 Å². The average Bonchev–Trinajstić information content (AvgIpc) is 2.54. The van der Waals surface area contributed by atoms with E-state index in [4.69, 9.17) is 9.88 Å². The summed E-state index contributed by atoms with van der Waals surface area (Å²) in [7, 11) is -2.06. The second kappa shape index (κ2) is 6.10.